The quantitative estimate of drug-likeness (QED) is 0.581. The van der Waals surface area contributed by atoms with Crippen LogP contribution in [-0.4, -0.2) is 13.1 Å². The third kappa shape index (κ3) is 1.77. The molecule has 0 unspecified atom stereocenters. The number of halogens is 1. The van der Waals surface area contributed by atoms with Crippen molar-refractivity contribution in [3.8, 4) is 0 Å². The Labute approximate surface area is 85.1 Å². The number of aryl methyl sites for hydroxylation is 1. The van der Waals surface area contributed by atoms with Crippen LogP contribution >= 0.6 is 22.6 Å². The van der Waals surface area contributed by atoms with Gasteiger partial charge in [-0.2, -0.15) is 0 Å². The number of esters is 1. The molecule has 1 rings (SSSR count). The van der Waals surface area contributed by atoms with Crippen LogP contribution in [0.2, 0.25) is 0 Å². The summed E-state index contributed by atoms with van der Waals surface area (Å²) in [6, 6.07) is 5.58. The molecule has 0 fully saturated rings. The van der Waals surface area contributed by atoms with E-state index in [2.05, 4.69) is 27.3 Å². The number of hydrogen-bond donors (Lipinski definition) is 0. The molecule has 0 N–H and O–H groups in total. The summed E-state index contributed by atoms with van der Waals surface area (Å²) in [5.74, 6) is -0.275. The molecule has 2 nitrogen and oxygen atoms in total. The lowest BCUT2D eigenvalue weighted by atomic mass is 10.1. The molecule has 12 heavy (non-hydrogen) atoms. The predicted octanol–water partition coefficient (Wildman–Crippen LogP) is 2.39. The highest BCUT2D eigenvalue weighted by atomic mass is 127. The van der Waals surface area contributed by atoms with Crippen LogP contribution in [0.1, 0.15) is 15.9 Å². The van der Waals surface area contributed by atoms with E-state index in [-0.39, 0.29) is 5.97 Å². The summed E-state index contributed by atoms with van der Waals surface area (Å²) >= 11 is 2.14. The summed E-state index contributed by atoms with van der Waals surface area (Å²) in [6.45, 7) is 1.97. The Kier molecular flexibility index (Phi) is 3.08. The Hall–Kier alpha value is -0.580. The molecule has 64 valence electrons. The highest BCUT2D eigenvalue weighted by molar-refractivity contribution is 14.1. The number of carbonyl (C=O) groups excluding carboxylic acids is 1. The average molecular weight is 276 g/mol. The van der Waals surface area contributed by atoms with E-state index in [1.807, 2.05) is 19.1 Å². The van der Waals surface area contributed by atoms with Crippen LogP contribution < -0.4 is 0 Å². The maximum atomic E-state index is 11.2. The first-order valence-corrected chi connectivity index (χ1v) is 4.58. The van der Waals surface area contributed by atoms with Crippen LogP contribution in [0.25, 0.3) is 0 Å². The minimum atomic E-state index is -0.275. The maximum Gasteiger partial charge on any atom is 0.338 e. The zero-order valence-electron chi connectivity index (χ0n) is 6.93. The molecule has 1 aromatic rings. The lowest BCUT2D eigenvalue weighted by molar-refractivity contribution is 0.0599. The second kappa shape index (κ2) is 3.89. The van der Waals surface area contributed by atoms with E-state index < -0.39 is 0 Å². The van der Waals surface area contributed by atoms with Gasteiger partial charge in [-0.25, -0.2) is 4.79 Å². The van der Waals surface area contributed by atoms with Crippen molar-refractivity contribution in [2.24, 2.45) is 0 Å². The summed E-state index contributed by atoms with van der Waals surface area (Å²) in [6.07, 6.45) is 0. The van der Waals surface area contributed by atoms with Crippen molar-refractivity contribution in [3.05, 3.63) is 32.9 Å². The molecule has 0 saturated heterocycles. The zero-order chi connectivity index (χ0) is 9.14. The Morgan fingerprint density at radius 3 is 2.75 bits per heavy atom. The van der Waals surface area contributed by atoms with Gasteiger partial charge in [-0.05, 0) is 41.1 Å². The first kappa shape index (κ1) is 9.51. The Morgan fingerprint density at radius 1 is 1.50 bits per heavy atom. The monoisotopic (exact) mass is 276 g/mol. The number of carbonyl (C=O) groups is 1. The van der Waals surface area contributed by atoms with Crippen LogP contribution in [0.5, 0.6) is 0 Å². The van der Waals surface area contributed by atoms with E-state index in [1.165, 1.54) is 7.11 Å². The molecule has 0 amide bonds. The summed E-state index contributed by atoms with van der Waals surface area (Å²) in [4.78, 5) is 11.2. The Bertz CT molecular complexity index is 307. The molecule has 0 radical (unpaired) electrons. The van der Waals surface area contributed by atoms with Gasteiger partial charge in [0.15, 0.2) is 0 Å². The van der Waals surface area contributed by atoms with E-state index >= 15 is 0 Å². The maximum absolute atomic E-state index is 11.2. The number of methoxy groups -OCH3 is 1. The topological polar surface area (TPSA) is 26.3 Å². The number of ether oxygens (including phenoxy) is 1. The number of benzene rings is 1. The zero-order valence-corrected chi connectivity index (χ0v) is 9.08. The largest absolute Gasteiger partial charge is 0.465 e. The van der Waals surface area contributed by atoms with Crippen molar-refractivity contribution < 1.29 is 9.53 Å². The minimum Gasteiger partial charge on any atom is -0.465 e. The fraction of sp³-hybridized carbons (Fsp3) is 0.222. The van der Waals surface area contributed by atoms with Crippen LogP contribution in [0.15, 0.2) is 18.2 Å². The van der Waals surface area contributed by atoms with Gasteiger partial charge in [-0.3, -0.25) is 0 Å². The van der Waals surface area contributed by atoms with E-state index in [9.17, 15) is 4.79 Å². The standard InChI is InChI=1S/C9H9IO2/c1-6-4-3-5-7(8(6)10)9(11)12-2/h3-5H,1-2H3. The minimum absolute atomic E-state index is 0.275. The highest BCUT2D eigenvalue weighted by Crippen LogP contribution is 2.16. The normalized spacial score (nSPS) is 9.58. The molecular weight excluding hydrogens is 267 g/mol. The second-order valence-corrected chi connectivity index (χ2v) is 3.51. The molecule has 0 atom stereocenters. The van der Waals surface area contributed by atoms with Crippen LogP contribution in [0, 0.1) is 10.5 Å². The van der Waals surface area contributed by atoms with Crippen LogP contribution in [0.3, 0.4) is 0 Å². The average Bonchev–Trinajstić information content (AvgIpc) is 2.08. The summed E-state index contributed by atoms with van der Waals surface area (Å²) in [7, 11) is 1.39. The SMILES string of the molecule is COC(=O)c1cccc(C)c1I. The van der Waals surface area contributed by atoms with Crippen molar-refractivity contribution >= 4 is 28.6 Å². The van der Waals surface area contributed by atoms with E-state index in [1.54, 1.807) is 6.07 Å². The van der Waals surface area contributed by atoms with Crippen LogP contribution in [-0.2, 0) is 4.74 Å². The van der Waals surface area contributed by atoms with E-state index in [0.717, 1.165) is 9.13 Å². The van der Waals surface area contributed by atoms with Crippen molar-refractivity contribution in [3.63, 3.8) is 0 Å². The Balaban J connectivity index is 3.16. The Morgan fingerprint density at radius 2 is 2.17 bits per heavy atom. The van der Waals surface area contributed by atoms with Gasteiger partial charge in [0, 0.05) is 3.57 Å². The summed E-state index contributed by atoms with van der Waals surface area (Å²) < 4.78 is 5.59. The van der Waals surface area contributed by atoms with Gasteiger partial charge in [0.25, 0.3) is 0 Å². The fourth-order valence-electron chi connectivity index (χ4n) is 0.915. The molecule has 0 aliphatic heterocycles. The number of rotatable bonds is 1. The van der Waals surface area contributed by atoms with Gasteiger partial charge in [0.1, 0.15) is 0 Å². The van der Waals surface area contributed by atoms with Gasteiger partial charge in [-0.15, -0.1) is 0 Å². The molecule has 0 heterocycles. The molecule has 0 aliphatic carbocycles. The molecule has 0 aromatic heterocycles. The van der Waals surface area contributed by atoms with Crippen molar-refractivity contribution in [2.45, 2.75) is 6.92 Å². The molecule has 3 heteroatoms. The molecule has 0 aliphatic rings. The van der Waals surface area contributed by atoms with Crippen molar-refractivity contribution in [1.29, 1.82) is 0 Å². The summed E-state index contributed by atoms with van der Waals surface area (Å²) in [5, 5.41) is 0. The first-order valence-electron chi connectivity index (χ1n) is 3.50. The third-order valence-corrected chi connectivity index (χ3v) is 3.03. The highest BCUT2D eigenvalue weighted by Gasteiger charge is 2.10. The van der Waals surface area contributed by atoms with Gasteiger partial charge in [-0.1, -0.05) is 12.1 Å². The van der Waals surface area contributed by atoms with E-state index in [0.29, 0.717) is 5.56 Å². The van der Waals surface area contributed by atoms with Gasteiger partial charge < -0.3 is 4.74 Å². The van der Waals surface area contributed by atoms with E-state index in [4.69, 9.17) is 0 Å². The van der Waals surface area contributed by atoms with Crippen molar-refractivity contribution in [2.75, 3.05) is 7.11 Å². The second-order valence-electron chi connectivity index (χ2n) is 2.43. The molecular formula is C9H9IO2. The first-order chi connectivity index (χ1) is 5.66. The predicted molar refractivity (Wildman–Crippen MR) is 55.2 cm³/mol. The van der Waals surface area contributed by atoms with Gasteiger partial charge in [0.05, 0.1) is 12.7 Å². The van der Waals surface area contributed by atoms with Crippen LogP contribution in [0.4, 0.5) is 0 Å². The van der Waals surface area contributed by atoms with Gasteiger partial charge in [0.2, 0.25) is 0 Å². The number of hydrogen-bond acceptors (Lipinski definition) is 2. The molecule has 0 saturated carbocycles. The molecule has 0 bridgehead atoms. The summed E-state index contributed by atoms with van der Waals surface area (Å²) in [5.41, 5.74) is 1.73. The third-order valence-electron chi connectivity index (χ3n) is 1.60. The smallest absolute Gasteiger partial charge is 0.338 e. The van der Waals surface area contributed by atoms with Crippen molar-refractivity contribution in [1.82, 2.24) is 0 Å². The molecule has 1 aromatic carbocycles. The molecule has 0 spiro atoms. The lowest BCUT2D eigenvalue weighted by Gasteiger charge is -2.03. The fourth-order valence-corrected chi connectivity index (χ4v) is 1.49. The lowest BCUT2D eigenvalue weighted by Crippen LogP contribution is -2.04. The van der Waals surface area contributed by atoms with Gasteiger partial charge >= 0.3 is 5.97 Å².